The summed E-state index contributed by atoms with van der Waals surface area (Å²) < 4.78 is 5.40. The van der Waals surface area contributed by atoms with Gasteiger partial charge in [0, 0.05) is 7.11 Å². The molecule has 0 heterocycles. The average molecular weight is 258 g/mol. The zero-order valence-electron chi connectivity index (χ0n) is 12.3. The monoisotopic (exact) mass is 258 g/mol. The van der Waals surface area contributed by atoms with Crippen LogP contribution in [0.25, 0.3) is 0 Å². The van der Waals surface area contributed by atoms with E-state index in [4.69, 9.17) is 4.74 Å². The molecule has 0 spiro atoms. The van der Waals surface area contributed by atoms with E-state index in [-0.39, 0.29) is 12.0 Å². The highest BCUT2D eigenvalue weighted by Gasteiger charge is 2.27. The lowest BCUT2D eigenvalue weighted by molar-refractivity contribution is -0.147. The van der Waals surface area contributed by atoms with Crippen LogP contribution in [0.15, 0.2) is 0 Å². The Balaban J connectivity index is 4.11. The Labute approximate surface area is 112 Å². The van der Waals surface area contributed by atoms with E-state index < -0.39 is 5.97 Å². The highest BCUT2D eigenvalue weighted by atomic mass is 16.5. The normalized spacial score (nSPS) is 14.4. The van der Waals surface area contributed by atoms with Gasteiger partial charge in [-0.15, -0.1) is 0 Å². The molecule has 0 aliphatic rings. The van der Waals surface area contributed by atoms with Crippen molar-refractivity contribution in [1.82, 2.24) is 0 Å². The first-order valence-electron chi connectivity index (χ1n) is 7.42. The summed E-state index contributed by atoms with van der Waals surface area (Å²) in [4.78, 5) is 11.3. The molecule has 0 saturated carbocycles. The second kappa shape index (κ2) is 11.5. The van der Waals surface area contributed by atoms with Crippen LogP contribution in [-0.4, -0.2) is 24.3 Å². The Morgan fingerprint density at radius 3 is 2.06 bits per heavy atom. The molecule has 3 heteroatoms. The van der Waals surface area contributed by atoms with Crippen molar-refractivity contribution in [2.24, 2.45) is 5.92 Å². The number of unbranched alkanes of at least 4 members (excludes halogenated alkanes) is 5. The minimum atomic E-state index is -0.701. The predicted octanol–water partition coefficient (Wildman–Crippen LogP) is 4.25. The third kappa shape index (κ3) is 7.70. The van der Waals surface area contributed by atoms with Gasteiger partial charge >= 0.3 is 5.97 Å². The van der Waals surface area contributed by atoms with Crippen LogP contribution in [-0.2, 0) is 9.53 Å². The Bertz CT molecular complexity index is 204. The van der Waals surface area contributed by atoms with Gasteiger partial charge in [0.2, 0.25) is 0 Å². The molecule has 0 rings (SSSR count). The molecule has 0 aliphatic carbocycles. The quantitative estimate of drug-likeness (QED) is 0.532. The van der Waals surface area contributed by atoms with Gasteiger partial charge in [0.05, 0.1) is 12.0 Å². The third-order valence-electron chi connectivity index (χ3n) is 3.53. The first-order valence-corrected chi connectivity index (χ1v) is 7.42. The molecule has 1 N–H and O–H groups in total. The standard InChI is InChI=1S/C15H30O3/c1-4-6-8-10-12-14(18-3)13(15(16)17)11-9-7-5-2/h13-14H,4-12H2,1-3H3,(H,16,17)/t13-,14-/m1/s1. The first kappa shape index (κ1) is 17.4. The molecule has 18 heavy (non-hydrogen) atoms. The van der Waals surface area contributed by atoms with Gasteiger partial charge < -0.3 is 9.84 Å². The maximum atomic E-state index is 11.3. The van der Waals surface area contributed by atoms with Crippen molar-refractivity contribution in [1.29, 1.82) is 0 Å². The molecule has 108 valence electrons. The van der Waals surface area contributed by atoms with Crippen LogP contribution in [0.5, 0.6) is 0 Å². The number of ether oxygens (including phenoxy) is 1. The number of methoxy groups -OCH3 is 1. The zero-order chi connectivity index (χ0) is 13.8. The van der Waals surface area contributed by atoms with Gasteiger partial charge in [-0.1, -0.05) is 58.8 Å². The van der Waals surface area contributed by atoms with E-state index in [0.29, 0.717) is 0 Å². The van der Waals surface area contributed by atoms with Crippen molar-refractivity contribution in [3.05, 3.63) is 0 Å². The molecule has 3 nitrogen and oxygen atoms in total. The summed E-state index contributed by atoms with van der Waals surface area (Å²) in [5, 5.41) is 9.30. The topological polar surface area (TPSA) is 46.5 Å². The summed E-state index contributed by atoms with van der Waals surface area (Å²) in [5.41, 5.74) is 0. The van der Waals surface area contributed by atoms with Gasteiger partial charge in [0.15, 0.2) is 0 Å². The van der Waals surface area contributed by atoms with E-state index in [2.05, 4.69) is 13.8 Å². The van der Waals surface area contributed by atoms with Crippen molar-refractivity contribution in [2.75, 3.05) is 7.11 Å². The zero-order valence-corrected chi connectivity index (χ0v) is 12.3. The Morgan fingerprint density at radius 1 is 1.00 bits per heavy atom. The van der Waals surface area contributed by atoms with Crippen LogP contribution in [0.1, 0.15) is 71.6 Å². The van der Waals surface area contributed by atoms with Crippen LogP contribution in [0.3, 0.4) is 0 Å². The van der Waals surface area contributed by atoms with Crippen LogP contribution in [0, 0.1) is 5.92 Å². The van der Waals surface area contributed by atoms with Gasteiger partial charge in [-0.2, -0.15) is 0 Å². The molecule has 2 atom stereocenters. The van der Waals surface area contributed by atoms with Crippen molar-refractivity contribution < 1.29 is 14.6 Å². The Hall–Kier alpha value is -0.570. The number of carboxylic acids is 1. The van der Waals surface area contributed by atoms with E-state index in [1.54, 1.807) is 7.11 Å². The van der Waals surface area contributed by atoms with Gasteiger partial charge in [0.1, 0.15) is 0 Å². The minimum absolute atomic E-state index is 0.115. The molecule has 0 aromatic carbocycles. The van der Waals surface area contributed by atoms with Gasteiger partial charge in [-0.05, 0) is 12.8 Å². The molecule has 0 amide bonds. The average Bonchev–Trinajstić information content (AvgIpc) is 2.36. The number of hydrogen-bond acceptors (Lipinski definition) is 2. The van der Waals surface area contributed by atoms with Crippen LogP contribution in [0.2, 0.25) is 0 Å². The highest BCUT2D eigenvalue weighted by molar-refractivity contribution is 5.70. The Kier molecular flexibility index (Phi) is 11.2. The van der Waals surface area contributed by atoms with E-state index in [1.807, 2.05) is 0 Å². The molecule has 0 aliphatic heterocycles. The number of aliphatic carboxylic acids is 1. The maximum Gasteiger partial charge on any atom is 0.309 e. The van der Waals surface area contributed by atoms with Gasteiger partial charge in [-0.3, -0.25) is 4.79 Å². The molecule has 0 aromatic rings. The number of carbonyl (C=O) groups is 1. The lowest BCUT2D eigenvalue weighted by atomic mass is 9.92. The second-order valence-corrected chi connectivity index (χ2v) is 5.06. The van der Waals surface area contributed by atoms with Crippen molar-refractivity contribution in [2.45, 2.75) is 77.7 Å². The molecular weight excluding hydrogens is 228 g/mol. The largest absolute Gasteiger partial charge is 0.481 e. The third-order valence-corrected chi connectivity index (χ3v) is 3.53. The van der Waals surface area contributed by atoms with Crippen LogP contribution >= 0.6 is 0 Å². The SMILES string of the molecule is CCCCCC[C@@H](OC)[C@@H](CCCCC)C(=O)O. The van der Waals surface area contributed by atoms with Crippen molar-refractivity contribution >= 4 is 5.97 Å². The van der Waals surface area contributed by atoms with E-state index >= 15 is 0 Å². The van der Waals surface area contributed by atoms with E-state index in [9.17, 15) is 9.90 Å². The smallest absolute Gasteiger partial charge is 0.309 e. The minimum Gasteiger partial charge on any atom is -0.481 e. The lowest BCUT2D eigenvalue weighted by Gasteiger charge is -2.22. The van der Waals surface area contributed by atoms with Crippen molar-refractivity contribution in [3.63, 3.8) is 0 Å². The summed E-state index contributed by atoms with van der Waals surface area (Å²) >= 11 is 0. The van der Waals surface area contributed by atoms with E-state index in [0.717, 1.165) is 38.5 Å². The summed E-state index contributed by atoms with van der Waals surface area (Å²) in [6.45, 7) is 4.31. The van der Waals surface area contributed by atoms with Gasteiger partial charge in [-0.25, -0.2) is 0 Å². The molecule has 0 bridgehead atoms. The molecule has 0 radical (unpaired) electrons. The Morgan fingerprint density at radius 2 is 1.56 bits per heavy atom. The fourth-order valence-electron chi connectivity index (χ4n) is 2.34. The summed E-state index contributed by atoms with van der Waals surface area (Å²) in [6, 6.07) is 0. The molecular formula is C15H30O3. The van der Waals surface area contributed by atoms with E-state index in [1.165, 1.54) is 19.3 Å². The first-order chi connectivity index (χ1) is 8.67. The maximum absolute atomic E-state index is 11.3. The number of rotatable bonds is 12. The summed E-state index contributed by atoms with van der Waals surface area (Å²) in [5.74, 6) is -1.03. The number of carboxylic acid groups (broad SMARTS) is 1. The fraction of sp³-hybridized carbons (Fsp3) is 0.933. The molecule has 0 unspecified atom stereocenters. The fourth-order valence-corrected chi connectivity index (χ4v) is 2.34. The summed E-state index contributed by atoms with van der Waals surface area (Å²) in [6.07, 6.45) is 9.41. The predicted molar refractivity (Wildman–Crippen MR) is 74.8 cm³/mol. The van der Waals surface area contributed by atoms with Gasteiger partial charge in [0.25, 0.3) is 0 Å². The number of hydrogen-bond donors (Lipinski definition) is 1. The molecule has 0 saturated heterocycles. The lowest BCUT2D eigenvalue weighted by Crippen LogP contribution is -2.30. The highest BCUT2D eigenvalue weighted by Crippen LogP contribution is 2.21. The molecule has 0 fully saturated rings. The summed E-state index contributed by atoms with van der Waals surface area (Å²) in [7, 11) is 1.64. The van der Waals surface area contributed by atoms with Crippen LogP contribution < -0.4 is 0 Å². The molecule has 0 aromatic heterocycles. The van der Waals surface area contributed by atoms with Crippen molar-refractivity contribution in [3.8, 4) is 0 Å². The van der Waals surface area contributed by atoms with Crippen LogP contribution in [0.4, 0.5) is 0 Å². The second-order valence-electron chi connectivity index (χ2n) is 5.06.